The predicted molar refractivity (Wildman–Crippen MR) is 98.4 cm³/mol. The second kappa shape index (κ2) is 6.63. The molecular formula is C20H20N4O2. The summed E-state index contributed by atoms with van der Waals surface area (Å²) in [6.45, 7) is 1.05. The standard InChI is InChI=1S/C20H20N4O2/c21-19(25)16-6-3-11-23(13-16)20(26)15-5-1-4-14(12-15)18-8-2-7-17-9-10-22-24(17)18/h1-2,4-5,7-10,12,16H,3,6,11,13H2,(H2,21,25)/t16-/m1/s1. The lowest BCUT2D eigenvalue weighted by Gasteiger charge is -2.31. The van der Waals surface area contributed by atoms with Crippen LogP contribution in [0.2, 0.25) is 0 Å². The topological polar surface area (TPSA) is 80.7 Å². The van der Waals surface area contributed by atoms with E-state index in [4.69, 9.17) is 5.73 Å². The number of hydrogen-bond donors (Lipinski definition) is 1. The summed E-state index contributed by atoms with van der Waals surface area (Å²) in [6.07, 6.45) is 3.30. The molecule has 0 unspecified atom stereocenters. The average molecular weight is 348 g/mol. The third kappa shape index (κ3) is 2.94. The Balaban J connectivity index is 1.64. The summed E-state index contributed by atoms with van der Waals surface area (Å²) in [5.41, 5.74) is 8.88. The van der Waals surface area contributed by atoms with Gasteiger partial charge < -0.3 is 10.6 Å². The molecule has 2 aromatic heterocycles. The smallest absolute Gasteiger partial charge is 0.253 e. The Morgan fingerprint density at radius 3 is 2.81 bits per heavy atom. The van der Waals surface area contributed by atoms with Crippen molar-refractivity contribution in [2.45, 2.75) is 12.8 Å². The van der Waals surface area contributed by atoms with Crippen LogP contribution < -0.4 is 5.73 Å². The Labute approximate surface area is 151 Å². The number of carbonyl (C=O) groups excluding carboxylic acids is 2. The third-order valence-electron chi connectivity index (χ3n) is 4.94. The zero-order valence-electron chi connectivity index (χ0n) is 14.3. The summed E-state index contributed by atoms with van der Waals surface area (Å²) in [4.78, 5) is 26.1. The second-order valence-corrected chi connectivity index (χ2v) is 6.65. The van der Waals surface area contributed by atoms with Crippen molar-refractivity contribution in [3.8, 4) is 11.3 Å². The van der Waals surface area contributed by atoms with E-state index in [2.05, 4.69) is 5.10 Å². The highest BCUT2D eigenvalue weighted by atomic mass is 16.2. The summed E-state index contributed by atoms with van der Waals surface area (Å²) in [5, 5.41) is 4.36. The van der Waals surface area contributed by atoms with Gasteiger partial charge in [0.05, 0.1) is 23.3 Å². The zero-order chi connectivity index (χ0) is 18.1. The molecule has 0 aliphatic carbocycles. The zero-order valence-corrected chi connectivity index (χ0v) is 14.3. The number of nitrogens with two attached hydrogens (primary N) is 1. The Hall–Kier alpha value is -3.15. The number of amides is 2. The highest BCUT2D eigenvalue weighted by Gasteiger charge is 2.27. The van der Waals surface area contributed by atoms with Crippen LogP contribution in [0.25, 0.3) is 16.8 Å². The van der Waals surface area contributed by atoms with E-state index in [0.29, 0.717) is 18.7 Å². The molecule has 0 spiro atoms. The molecule has 6 nitrogen and oxygen atoms in total. The Morgan fingerprint density at radius 2 is 1.96 bits per heavy atom. The Morgan fingerprint density at radius 1 is 1.12 bits per heavy atom. The van der Waals surface area contributed by atoms with E-state index < -0.39 is 0 Å². The van der Waals surface area contributed by atoms with Gasteiger partial charge in [0.1, 0.15) is 0 Å². The Kier molecular flexibility index (Phi) is 4.16. The maximum absolute atomic E-state index is 12.9. The minimum absolute atomic E-state index is 0.0644. The molecule has 2 N–H and O–H groups in total. The van der Waals surface area contributed by atoms with E-state index in [0.717, 1.165) is 29.6 Å². The summed E-state index contributed by atoms with van der Waals surface area (Å²) >= 11 is 0. The molecule has 1 saturated heterocycles. The molecule has 3 heterocycles. The van der Waals surface area contributed by atoms with Gasteiger partial charge in [-0.3, -0.25) is 9.59 Å². The van der Waals surface area contributed by atoms with Crippen molar-refractivity contribution in [2.75, 3.05) is 13.1 Å². The van der Waals surface area contributed by atoms with Crippen molar-refractivity contribution >= 4 is 17.3 Å². The van der Waals surface area contributed by atoms with Crippen LogP contribution in [0.5, 0.6) is 0 Å². The van der Waals surface area contributed by atoms with Crippen LogP contribution in [0.1, 0.15) is 23.2 Å². The molecule has 26 heavy (non-hydrogen) atoms. The number of pyridine rings is 1. The summed E-state index contributed by atoms with van der Waals surface area (Å²) in [6, 6.07) is 15.4. The van der Waals surface area contributed by atoms with Gasteiger partial charge in [0.15, 0.2) is 0 Å². The van der Waals surface area contributed by atoms with E-state index >= 15 is 0 Å². The summed E-state index contributed by atoms with van der Waals surface area (Å²) in [5.74, 6) is -0.652. The number of fused-ring (bicyclic) bond motifs is 1. The highest BCUT2D eigenvalue weighted by Crippen LogP contribution is 2.24. The first kappa shape index (κ1) is 16.3. The van der Waals surface area contributed by atoms with Gasteiger partial charge in [0.2, 0.25) is 5.91 Å². The van der Waals surface area contributed by atoms with Crippen LogP contribution in [0.4, 0.5) is 0 Å². The number of primary amides is 1. The maximum atomic E-state index is 12.9. The number of likely N-dealkylation sites (tertiary alicyclic amines) is 1. The molecular weight excluding hydrogens is 328 g/mol. The van der Waals surface area contributed by atoms with Crippen LogP contribution in [0.15, 0.2) is 54.7 Å². The van der Waals surface area contributed by atoms with Gasteiger partial charge in [-0.25, -0.2) is 4.52 Å². The van der Waals surface area contributed by atoms with Gasteiger partial charge in [0.25, 0.3) is 5.91 Å². The highest BCUT2D eigenvalue weighted by molar-refractivity contribution is 5.96. The van der Waals surface area contributed by atoms with Gasteiger partial charge in [-0.1, -0.05) is 18.2 Å². The third-order valence-corrected chi connectivity index (χ3v) is 4.94. The lowest BCUT2D eigenvalue weighted by atomic mass is 9.96. The van der Waals surface area contributed by atoms with Gasteiger partial charge in [-0.15, -0.1) is 0 Å². The molecule has 0 saturated carbocycles. The number of benzene rings is 1. The largest absolute Gasteiger partial charge is 0.369 e. The van der Waals surface area contributed by atoms with Crippen molar-refractivity contribution in [1.29, 1.82) is 0 Å². The van der Waals surface area contributed by atoms with Crippen LogP contribution in [-0.2, 0) is 4.79 Å². The van der Waals surface area contributed by atoms with E-state index in [1.807, 2.05) is 53.0 Å². The fourth-order valence-electron chi connectivity index (χ4n) is 3.56. The van der Waals surface area contributed by atoms with Crippen molar-refractivity contribution in [3.63, 3.8) is 0 Å². The van der Waals surface area contributed by atoms with Gasteiger partial charge in [-0.05, 0) is 43.2 Å². The van der Waals surface area contributed by atoms with E-state index in [1.165, 1.54) is 0 Å². The Bertz CT molecular complexity index is 979. The van der Waals surface area contributed by atoms with Gasteiger partial charge >= 0.3 is 0 Å². The quantitative estimate of drug-likeness (QED) is 0.789. The number of hydrogen-bond acceptors (Lipinski definition) is 3. The van der Waals surface area contributed by atoms with Crippen LogP contribution in [0.3, 0.4) is 0 Å². The monoisotopic (exact) mass is 348 g/mol. The fraction of sp³-hybridized carbons (Fsp3) is 0.250. The fourth-order valence-corrected chi connectivity index (χ4v) is 3.56. The van der Waals surface area contributed by atoms with Crippen molar-refractivity contribution in [1.82, 2.24) is 14.5 Å². The number of nitrogens with zero attached hydrogens (tertiary/aromatic N) is 3. The SMILES string of the molecule is NC(=O)[C@@H]1CCCN(C(=O)c2cccc(-c3cccc4ccnn34)c2)C1. The van der Waals surface area contributed by atoms with E-state index in [9.17, 15) is 9.59 Å². The number of rotatable bonds is 3. The molecule has 0 radical (unpaired) electrons. The molecule has 1 fully saturated rings. The molecule has 132 valence electrons. The lowest BCUT2D eigenvalue weighted by molar-refractivity contribution is -0.123. The summed E-state index contributed by atoms with van der Waals surface area (Å²) < 4.78 is 1.85. The first-order valence-corrected chi connectivity index (χ1v) is 8.75. The minimum Gasteiger partial charge on any atom is -0.369 e. The molecule has 4 rings (SSSR count). The number of aromatic nitrogens is 2. The minimum atomic E-state index is -0.332. The van der Waals surface area contributed by atoms with Crippen LogP contribution in [-0.4, -0.2) is 39.4 Å². The number of piperidine rings is 1. The molecule has 3 aromatic rings. The van der Waals surface area contributed by atoms with Crippen molar-refractivity contribution in [2.24, 2.45) is 11.7 Å². The first-order chi connectivity index (χ1) is 12.6. The van der Waals surface area contributed by atoms with Crippen LogP contribution in [0, 0.1) is 5.92 Å². The average Bonchev–Trinajstić information content (AvgIpc) is 3.16. The predicted octanol–water partition coefficient (Wildman–Crippen LogP) is 2.34. The normalized spacial score (nSPS) is 17.4. The maximum Gasteiger partial charge on any atom is 0.253 e. The van der Waals surface area contributed by atoms with Crippen molar-refractivity contribution in [3.05, 3.63) is 60.3 Å². The molecule has 6 heteroatoms. The molecule has 0 bridgehead atoms. The van der Waals surface area contributed by atoms with Gasteiger partial charge in [0, 0.05) is 24.2 Å². The molecule has 1 aliphatic heterocycles. The van der Waals surface area contributed by atoms with Crippen molar-refractivity contribution < 1.29 is 9.59 Å². The lowest BCUT2D eigenvalue weighted by Crippen LogP contribution is -2.44. The first-order valence-electron chi connectivity index (χ1n) is 8.75. The van der Waals surface area contributed by atoms with Crippen LogP contribution >= 0.6 is 0 Å². The molecule has 1 atom stereocenters. The van der Waals surface area contributed by atoms with E-state index in [1.54, 1.807) is 11.1 Å². The molecule has 1 aromatic carbocycles. The summed E-state index contributed by atoms with van der Waals surface area (Å²) in [7, 11) is 0. The van der Waals surface area contributed by atoms with E-state index in [-0.39, 0.29) is 17.7 Å². The molecule has 2 amide bonds. The number of carbonyl (C=O) groups is 2. The second-order valence-electron chi connectivity index (χ2n) is 6.65. The van der Waals surface area contributed by atoms with Gasteiger partial charge in [-0.2, -0.15) is 5.10 Å². The molecule has 1 aliphatic rings.